The highest BCUT2D eigenvalue weighted by molar-refractivity contribution is 7.92. The Morgan fingerprint density at radius 3 is 2.21 bits per heavy atom. The Hall–Kier alpha value is -2.58. The fraction of sp³-hybridized carbons (Fsp3) is 0.350. The maximum atomic E-state index is 13.0. The summed E-state index contributed by atoms with van der Waals surface area (Å²) in [6.45, 7) is 3.02. The molecular weight excluding hydrogens is 378 g/mol. The number of hydrogen-bond acceptors (Lipinski definition) is 5. The second-order valence-electron chi connectivity index (χ2n) is 6.76. The fourth-order valence-electron chi connectivity index (χ4n) is 3.14. The number of para-hydroxylation sites is 2. The first-order valence-corrected chi connectivity index (χ1v) is 10.5. The van der Waals surface area contributed by atoms with Gasteiger partial charge in [0.1, 0.15) is 5.75 Å². The second kappa shape index (κ2) is 8.20. The van der Waals surface area contributed by atoms with Gasteiger partial charge in [0, 0.05) is 38.8 Å². The Kier molecular flexibility index (Phi) is 5.90. The molecule has 150 valence electrons. The van der Waals surface area contributed by atoms with Crippen LogP contribution in [0.2, 0.25) is 0 Å². The Bertz CT molecular complexity index is 936. The van der Waals surface area contributed by atoms with E-state index in [4.69, 9.17) is 4.74 Å². The van der Waals surface area contributed by atoms with Crippen LogP contribution in [0, 0.1) is 0 Å². The van der Waals surface area contributed by atoms with Crippen LogP contribution >= 0.6 is 0 Å². The summed E-state index contributed by atoms with van der Waals surface area (Å²) in [5, 5.41) is 0. The number of nitrogens with zero attached hydrogens (tertiary/aromatic N) is 3. The maximum Gasteiger partial charge on any atom is 0.264 e. The van der Waals surface area contributed by atoms with E-state index in [0.29, 0.717) is 30.1 Å². The Morgan fingerprint density at radius 1 is 1.00 bits per heavy atom. The van der Waals surface area contributed by atoms with E-state index in [-0.39, 0.29) is 10.8 Å². The van der Waals surface area contributed by atoms with Crippen molar-refractivity contribution in [2.75, 3.05) is 51.7 Å². The first-order valence-electron chi connectivity index (χ1n) is 9.04. The Labute approximate surface area is 166 Å². The molecule has 1 amide bonds. The van der Waals surface area contributed by atoms with Gasteiger partial charge >= 0.3 is 0 Å². The molecule has 8 heteroatoms. The number of piperazine rings is 1. The van der Waals surface area contributed by atoms with Crippen LogP contribution in [-0.2, 0) is 10.0 Å². The lowest BCUT2D eigenvalue weighted by Crippen LogP contribution is -2.47. The predicted octanol–water partition coefficient (Wildman–Crippen LogP) is 1.91. The molecule has 0 bridgehead atoms. The topological polar surface area (TPSA) is 70.2 Å². The first kappa shape index (κ1) is 20.2. The van der Waals surface area contributed by atoms with E-state index >= 15 is 0 Å². The predicted molar refractivity (Wildman–Crippen MR) is 108 cm³/mol. The molecule has 0 spiro atoms. The minimum Gasteiger partial charge on any atom is -0.495 e. The molecule has 1 aliphatic rings. The molecule has 28 heavy (non-hydrogen) atoms. The average molecular weight is 404 g/mol. The number of carbonyl (C=O) groups excluding carboxylic acids is 1. The smallest absolute Gasteiger partial charge is 0.264 e. The minimum atomic E-state index is -3.78. The van der Waals surface area contributed by atoms with Crippen LogP contribution in [0.1, 0.15) is 10.4 Å². The number of benzene rings is 2. The molecule has 0 unspecified atom stereocenters. The SMILES string of the molecule is COc1ccccc1N(C)S(=O)(=O)c1ccc(C(=O)N2CCN(C)CC2)cc1. The number of methoxy groups -OCH3 is 1. The number of sulfonamides is 1. The third-order valence-corrected chi connectivity index (χ3v) is 6.76. The molecule has 0 aliphatic carbocycles. The van der Waals surface area contributed by atoms with Crippen molar-refractivity contribution in [1.29, 1.82) is 0 Å². The van der Waals surface area contributed by atoms with E-state index in [0.717, 1.165) is 13.1 Å². The fourth-order valence-corrected chi connectivity index (χ4v) is 4.35. The number of anilines is 1. The van der Waals surface area contributed by atoms with Crippen LogP contribution in [0.3, 0.4) is 0 Å². The van der Waals surface area contributed by atoms with Crippen LogP contribution in [-0.4, -0.2) is 71.5 Å². The van der Waals surface area contributed by atoms with Gasteiger partial charge in [-0.2, -0.15) is 0 Å². The quantitative estimate of drug-likeness (QED) is 0.763. The van der Waals surface area contributed by atoms with E-state index in [9.17, 15) is 13.2 Å². The second-order valence-corrected chi connectivity index (χ2v) is 8.73. The molecule has 0 aromatic heterocycles. The summed E-state index contributed by atoms with van der Waals surface area (Å²) < 4.78 is 32.4. The number of hydrogen-bond donors (Lipinski definition) is 0. The van der Waals surface area contributed by atoms with E-state index in [2.05, 4.69) is 4.90 Å². The zero-order valence-corrected chi connectivity index (χ0v) is 17.1. The third-order valence-electron chi connectivity index (χ3n) is 4.97. The number of carbonyl (C=O) groups is 1. The molecule has 2 aromatic rings. The molecule has 7 nitrogen and oxygen atoms in total. The maximum absolute atomic E-state index is 13.0. The van der Waals surface area contributed by atoms with E-state index in [1.807, 2.05) is 7.05 Å². The highest BCUT2D eigenvalue weighted by atomic mass is 32.2. The van der Waals surface area contributed by atoms with E-state index < -0.39 is 10.0 Å². The van der Waals surface area contributed by atoms with Gasteiger partial charge in [0.05, 0.1) is 17.7 Å². The van der Waals surface area contributed by atoms with E-state index in [1.54, 1.807) is 41.3 Å². The van der Waals surface area contributed by atoms with Crippen molar-refractivity contribution in [2.24, 2.45) is 0 Å². The minimum absolute atomic E-state index is 0.0740. The molecule has 0 N–H and O–H groups in total. The van der Waals surface area contributed by atoms with Crippen molar-refractivity contribution >= 4 is 21.6 Å². The summed E-state index contributed by atoms with van der Waals surface area (Å²) in [5.41, 5.74) is 0.936. The van der Waals surface area contributed by atoms with Gasteiger partial charge in [0.2, 0.25) is 0 Å². The van der Waals surface area contributed by atoms with Crippen LogP contribution in [0.4, 0.5) is 5.69 Å². The number of likely N-dealkylation sites (N-methyl/N-ethyl adjacent to an activating group) is 1. The van der Waals surface area contributed by atoms with Crippen molar-refractivity contribution in [3.05, 3.63) is 54.1 Å². The lowest BCUT2D eigenvalue weighted by Gasteiger charge is -2.32. The zero-order valence-electron chi connectivity index (χ0n) is 16.3. The normalized spacial score (nSPS) is 15.3. The summed E-state index contributed by atoms with van der Waals surface area (Å²) in [7, 11) is 1.23. The molecule has 0 atom stereocenters. The van der Waals surface area contributed by atoms with Gasteiger partial charge in [-0.25, -0.2) is 8.42 Å². The summed E-state index contributed by atoms with van der Waals surface area (Å²) in [6.07, 6.45) is 0. The zero-order chi connectivity index (χ0) is 20.3. The van der Waals surface area contributed by atoms with Crippen molar-refractivity contribution in [2.45, 2.75) is 4.90 Å². The third kappa shape index (κ3) is 3.98. The molecule has 0 saturated carbocycles. The van der Waals surface area contributed by atoms with Crippen molar-refractivity contribution in [1.82, 2.24) is 9.80 Å². The van der Waals surface area contributed by atoms with Gasteiger partial charge in [0.15, 0.2) is 0 Å². The molecule has 1 heterocycles. The lowest BCUT2D eigenvalue weighted by molar-refractivity contribution is 0.0664. The number of ether oxygens (including phenoxy) is 1. The monoisotopic (exact) mass is 403 g/mol. The molecule has 1 fully saturated rings. The number of rotatable bonds is 5. The molecule has 3 rings (SSSR count). The molecule has 0 radical (unpaired) electrons. The van der Waals surface area contributed by atoms with E-state index in [1.165, 1.54) is 30.6 Å². The van der Waals surface area contributed by atoms with Gasteiger partial charge in [-0.3, -0.25) is 9.10 Å². The van der Waals surface area contributed by atoms with Gasteiger partial charge in [-0.05, 0) is 43.4 Å². The lowest BCUT2D eigenvalue weighted by atomic mass is 10.2. The molecule has 2 aromatic carbocycles. The molecule has 1 saturated heterocycles. The van der Waals surface area contributed by atoms with Crippen LogP contribution in [0.25, 0.3) is 0 Å². The Morgan fingerprint density at radius 2 is 1.61 bits per heavy atom. The average Bonchev–Trinajstić information content (AvgIpc) is 2.73. The van der Waals surface area contributed by atoms with Crippen molar-refractivity contribution < 1.29 is 17.9 Å². The van der Waals surface area contributed by atoms with Gasteiger partial charge in [0.25, 0.3) is 15.9 Å². The van der Waals surface area contributed by atoms with Gasteiger partial charge in [-0.15, -0.1) is 0 Å². The van der Waals surface area contributed by atoms with Crippen molar-refractivity contribution in [3.8, 4) is 5.75 Å². The Balaban J connectivity index is 1.81. The summed E-state index contributed by atoms with van der Waals surface area (Å²) in [5.74, 6) is 0.394. The molecule has 1 aliphatic heterocycles. The highest BCUT2D eigenvalue weighted by Crippen LogP contribution is 2.30. The van der Waals surface area contributed by atoms with Crippen molar-refractivity contribution in [3.63, 3.8) is 0 Å². The number of amides is 1. The highest BCUT2D eigenvalue weighted by Gasteiger charge is 2.25. The van der Waals surface area contributed by atoms with Gasteiger partial charge in [-0.1, -0.05) is 12.1 Å². The van der Waals surface area contributed by atoms with Crippen LogP contribution in [0.15, 0.2) is 53.4 Å². The summed E-state index contributed by atoms with van der Waals surface area (Å²) in [6, 6.07) is 13.0. The van der Waals surface area contributed by atoms with Crippen LogP contribution < -0.4 is 9.04 Å². The van der Waals surface area contributed by atoms with Gasteiger partial charge < -0.3 is 14.5 Å². The first-order chi connectivity index (χ1) is 13.3. The largest absolute Gasteiger partial charge is 0.495 e. The summed E-state index contributed by atoms with van der Waals surface area (Å²) >= 11 is 0. The molecular formula is C20H25N3O4S. The summed E-state index contributed by atoms with van der Waals surface area (Å²) in [4.78, 5) is 16.7. The van der Waals surface area contributed by atoms with Crippen LogP contribution in [0.5, 0.6) is 5.75 Å². The standard InChI is InChI=1S/C20H25N3O4S/c1-21-12-14-23(15-13-21)20(24)16-8-10-17(11-9-16)28(25,26)22(2)18-6-4-5-7-19(18)27-3/h4-11H,12-15H2,1-3H3.